The van der Waals surface area contributed by atoms with Crippen molar-refractivity contribution in [2.75, 3.05) is 0 Å². The van der Waals surface area contributed by atoms with E-state index in [1.54, 1.807) is 0 Å². The molecule has 0 aliphatic heterocycles. The van der Waals surface area contributed by atoms with Crippen molar-refractivity contribution in [1.82, 2.24) is 0 Å². The van der Waals surface area contributed by atoms with Gasteiger partial charge >= 0.3 is 0 Å². The number of thiophene rings is 1. The first-order valence-electron chi connectivity index (χ1n) is 6.18. The summed E-state index contributed by atoms with van der Waals surface area (Å²) in [6.45, 7) is 11.4. The first kappa shape index (κ1) is 13.7. The molecule has 1 nitrogen and oxygen atoms in total. The zero-order valence-electron chi connectivity index (χ0n) is 11.2. The molecule has 0 amide bonds. The van der Waals surface area contributed by atoms with Crippen molar-refractivity contribution >= 4 is 11.3 Å². The third kappa shape index (κ3) is 3.60. The van der Waals surface area contributed by atoms with Crippen LogP contribution in [-0.2, 0) is 6.42 Å². The van der Waals surface area contributed by atoms with Crippen LogP contribution in [0.15, 0.2) is 12.1 Å². The van der Waals surface area contributed by atoms with E-state index in [-0.39, 0.29) is 6.04 Å². The molecule has 16 heavy (non-hydrogen) atoms. The Hall–Kier alpha value is -0.340. The standard InChI is InChI=1S/C14H25NS/c1-6-11-7-8-13(16-11)12(15)9-10(2)14(3,4)5/h7-8,10,12H,6,9,15H2,1-5H3. The molecule has 1 rings (SSSR count). The average Bonchev–Trinajstić information content (AvgIpc) is 2.64. The Morgan fingerprint density at radius 3 is 2.38 bits per heavy atom. The quantitative estimate of drug-likeness (QED) is 0.829. The fraction of sp³-hybridized carbons (Fsp3) is 0.714. The Balaban J connectivity index is 2.61. The van der Waals surface area contributed by atoms with Crippen molar-refractivity contribution in [2.45, 2.75) is 53.5 Å². The van der Waals surface area contributed by atoms with Crippen LogP contribution in [0.3, 0.4) is 0 Å². The van der Waals surface area contributed by atoms with E-state index in [9.17, 15) is 0 Å². The summed E-state index contributed by atoms with van der Waals surface area (Å²) in [6, 6.07) is 4.62. The highest BCUT2D eigenvalue weighted by Gasteiger charge is 2.23. The molecule has 1 aromatic rings. The van der Waals surface area contributed by atoms with Gasteiger partial charge in [-0.1, -0.05) is 34.6 Å². The highest BCUT2D eigenvalue weighted by molar-refractivity contribution is 7.12. The lowest BCUT2D eigenvalue weighted by atomic mass is 9.78. The van der Waals surface area contributed by atoms with Gasteiger partial charge in [-0.3, -0.25) is 0 Å². The largest absolute Gasteiger partial charge is 0.323 e. The zero-order valence-corrected chi connectivity index (χ0v) is 12.0. The van der Waals surface area contributed by atoms with Crippen LogP contribution in [0.25, 0.3) is 0 Å². The van der Waals surface area contributed by atoms with Crippen LogP contribution >= 0.6 is 11.3 Å². The van der Waals surface area contributed by atoms with Crippen LogP contribution in [0, 0.1) is 11.3 Å². The minimum absolute atomic E-state index is 0.208. The van der Waals surface area contributed by atoms with Gasteiger partial charge in [0.25, 0.3) is 0 Å². The third-order valence-electron chi connectivity index (χ3n) is 3.48. The molecule has 2 atom stereocenters. The molecule has 0 aromatic carbocycles. The van der Waals surface area contributed by atoms with Crippen molar-refractivity contribution in [3.8, 4) is 0 Å². The maximum atomic E-state index is 6.27. The van der Waals surface area contributed by atoms with Gasteiger partial charge in [0, 0.05) is 15.8 Å². The number of rotatable bonds is 4. The summed E-state index contributed by atoms with van der Waals surface area (Å²) in [5, 5.41) is 0. The summed E-state index contributed by atoms with van der Waals surface area (Å²) in [5.74, 6) is 0.648. The van der Waals surface area contributed by atoms with E-state index in [2.05, 4.69) is 46.8 Å². The number of hydrogen-bond donors (Lipinski definition) is 1. The van der Waals surface area contributed by atoms with Crippen LogP contribution in [0.2, 0.25) is 0 Å². The Bertz CT molecular complexity index is 322. The van der Waals surface area contributed by atoms with Crippen LogP contribution in [0.4, 0.5) is 0 Å². The zero-order chi connectivity index (χ0) is 12.3. The van der Waals surface area contributed by atoms with E-state index in [0.29, 0.717) is 11.3 Å². The first-order valence-corrected chi connectivity index (χ1v) is 7.00. The highest BCUT2D eigenvalue weighted by atomic mass is 32.1. The molecule has 2 heteroatoms. The van der Waals surface area contributed by atoms with E-state index >= 15 is 0 Å². The second-order valence-electron chi connectivity index (χ2n) is 5.77. The van der Waals surface area contributed by atoms with E-state index in [1.165, 1.54) is 9.75 Å². The Labute approximate surface area is 104 Å². The van der Waals surface area contributed by atoms with Crippen molar-refractivity contribution in [1.29, 1.82) is 0 Å². The van der Waals surface area contributed by atoms with Crippen molar-refractivity contribution in [2.24, 2.45) is 17.1 Å². The normalized spacial score (nSPS) is 16.1. The molecule has 0 spiro atoms. The van der Waals surface area contributed by atoms with Crippen LogP contribution < -0.4 is 5.73 Å². The Morgan fingerprint density at radius 1 is 1.31 bits per heavy atom. The smallest absolute Gasteiger partial charge is 0.0392 e. The average molecular weight is 239 g/mol. The fourth-order valence-electron chi connectivity index (χ4n) is 1.63. The number of aryl methyl sites for hydroxylation is 1. The molecule has 92 valence electrons. The summed E-state index contributed by atoms with van der Waals surface area (Å²) >= 11 is 1.87. The molecule has 0 aliphatic carbocycles. The third-order valence-corrected chi connectivity index (χ3v) is 4.84. The predicted molar refractivity (Wildman–Crippen MR) is 73.9 cm³/mol. The van der Waals surface area contributed by atoms with Gasteiger partial charge in [-0.05, 0) is 36.3 Å². The molecule has 0 saturated heterocycles. The maximum Gasteiger partial charge on any atom is 0.0392 e. The maximum absolute atomic E-state index is 6.27. The van der Waals surface area contributed by atoms with Gasteiger partial charge in [0.2, 0.25) is 0 Å². The summed E-state index contributed by atoms with van der Waals surface area (Å²) in [4.78, 5) is 2.78. The molecule has 1 heterocycles. The van der Waals surface area contributed by atoms with Gasteiger partial charge in [0.15, 0.2) is 0 Å². The SMILES string of the molecule is CCc1ccc(C(N)CC(C)C(C)(C)C)s1. The minimum atomic E-state index is 0.208. The summed E-state index contributed by atoms with van der Waals surface area (Å²) < 4.78 is 0. The molecular formula is C14H25NS. The van der Waals surface area contributed by atoms with Crippen LogP contribution in [0.1, 0.15) is 56.8 Å². The lowest BCUT2D eigenvalue weighted by Gasteiger charge is -2.29. The van der Waals surface area contributed by atoms with Gasteiger partial charge in [0.05, 0.1) is 0 Å². The lowest BCUT2D eigenvalue weighted by molar-refractivity contribution is 0.234. The van der Waals surface area contributed by atoms with Gasteiger partial charge in [-0.15, -0.1) is 11.3 Å². The highest BCUT2D eigenvalue weighted by Crippen LogP contribution is 2.34. The molecule has 0 bridgehead atoms. The van der Waals surface area contributed by atoms with Crippen molar-refractivity contribution in [3.63, 3.8) is 0 Å². The minimum Gasteiger partial charge on any atom is -0.323 e. The second kappa shape index (κ2) is 5.33. The molecular weight excluding hydrogens is 214 g/mol. The van der Waals surface area contributed by atoms with Crippen LogP contribution in [0.5, 0.6) is 0 Å². The van der Waals surface area contributed by atoms with Gasteiger partial charge in [0.1, 0.15) is 0 Å². The topological polar surface area (TPSA) is 26.0 Å². The van der Waals surface area contributed by atoms with E-state index < -0.39 is 0 Å². The van der Waals surface area contributed by atoms with E-state index in [0.717, 1.165) is 12.8 Å². The molecule has 0 aliphatic rings. The molecule has 0 saturated carbocycles. The summed E-state index contributed by atoms with van der Waals surface area (Å²) in [6.07, 6.45) is 2.19. The van der Waals surface area contributed by atoms with Crippen molar-refractivity contribution in [3.05, 3.63) is 21.9 Å². The fourth-order valence-corrected chi connectivity index (χ4v) is 2.60. The summed E-state index contributed by atoms with van der Waals surface area (Å²) in [5.41, 5.74) is 6.62. The monoisotopic (exact) mass is 239 g/mol. The molecule has 2 unspecified atom stereocenters. The Kier molecular flexibility index (Phi) is 4.57. The van der Waals surface area contributed by atoms with Gasteiger partial charge in [-0.2, -0.15) is 0 Å². The molecule has 0 fully saturated rings. The molecule has 2 N–H and O–H groups in total. The van der Waals surface area contributed by atoms with Gasteiger partial charge < -0.3 is 5.73 Å². The van der Waals surface area contributed by atoms with Crippen LogP contribution in [-0.4, -0.2) is 0 Å². The Morgan fingerprint density at radius 2 is 1.94 bits per heavy atom. The van der Waals surface area contributed by atoms with Gasteiger partial charge in [-0.25, -0.2) is 0 Å². The van der Waals surface area contributed by atoms with Crippen molar-refractivity contribution < 1.29 is 0 Å². The number of hydrogen-bond acceptors (Lipinski definition) is 2. The first-order chi connectivity index (χ1) is 7.34. The van der Waals surface area contributed by atoms with E-state index in [4.69, 9.17) is 5.73 Å². The number of nitrogens with two attached hydrogens (primary N) is 1. The molecule has 0 radical (unpaired) electrons. The second-order valence-corrected chi connectivity index (χ2v) is 6.97. The lowest BCUT2D eigenvalue weighted by Crippen LogP contribution is -2.22. The molecule has 1 aromatic heterocycles. The summed E-state index contributed by atoms with van der Waals surface area (Å²) in [7, 11) is 0. The predicted octanol–water partition coefficient (Wildman–Crippen LogP) is 4.38. The van der Waals surface area contributed by atoms with E-state index in [1.807, 2.05) is 11.3 Å².